The van der Waals surface area contributed by atoms with Crippen molar-refractivity contribution in [3.8, 4) is 0 Å². The van der Waals surface area contributed by atoms with Crippen LogP contribution in [-0.4, -0.2) is 35.1 Å². The fourth-order valence-electron chi connectivity index (χ4n) is 4.54. The summed E-state index contributed by atoms with van der Waals surface area (Å²) in [4.78, 5) is 52.3. The van der Waals surface area contributed by atoms with Crippen molar-refractivity contribution in [3.63, 3.8) is 0 Å². The number of hydrazine groups is 1. The van der Waals surface area contributed by atoms with E-state index in [9.17, 15) is 19.2 Å². The second kappa shape index (κ2) is 8.03. The third kappa shape index (κ3) is 3.70. The quantitative estimate of drug-likeness (QED) is 0.458. The zero-order chi connectivity index (χ0) is 19.7. The van der Waals surface area contributed by atoms with E-state index in [0.717, 1.165) is 43.4 Å². The summed E-state index contributed by atoms with van der Waals surface area (Å²) in [6, 6.07) is 1.91. The van der Waals surface area contributed by atoms with Crippen LogP contribution in [0.5, 0.6) is 0 Å². The van der Waals surface area contributed by atoms with Gasteiger partial charge in [-0.05, 0) is 50.2 Å². The molecule has 2 aliphatic carbocycles. The number of imide groups is 1. The molecule has 150 valence electrons. The summed E-state index contributed by atoms with van der Waals surface area (Å²) in [5.74, 6) is -1.97. The summed E-state index contributed by atoms with van der Waals surface area (Å²) in [5.41, 5.74) is 5.99. The van der Waals surface area contributed by atoms with Gasteiger partial charge >= 0.3 is 0 Å². The van der Waals surface area contributed by atoms with E-state index in [1.165, 1.54) is 28.2 Å². The molecule has 3 aliphatic rings. The third-order valence-electron chi connectivity index (χ3n) is 6.02. The fourth-order valence-corrected chi connectivity index (χ4v) is 5.69. The fraction of sp³-hybridized carbons (Fsp3) is 0.600. The summed E-state index contributed by atoms with van der Waals surface area (Å²) in [6.07, 6.45) is 8.82. The predicted octanol–water partition coefficient (Wildman–Crippen LogP) is 1.95. The lowest BCUT2D eigenvalue weighted by atomic mass is 9.81. The van der Waals surface area contributed by atoms with Gasteiger partial charge in [0.2, 0.25) is 11.8 Å². The van der Waals surface area contributed by atoms with Crippen LogP contribution >= 0.6 is 11.3 Å². The number of nitrogens with zero attached hydrogens (tertiary/aromatic N) is 1. The molecule has 1 aromatic rings. The zero-order valence-electron chi connectivity index (χ0n) is 15.8. The van der Waals surface area contributed by atoms with E-state index in [1.54, 1.807) is 0 Å². The molecule has 0 bridgehead atoms. The van der Waals surface area contributed by atoms with Crippen molar-refractivity contribution in [2.24, 2.45) is 11.8 Å². The third-order valence-corrected chi connectivity index (χ3v) is 7.26. The van der Waals surface area contributed by atoms with Crippen LogP contribution in [0.3, 0.4) is 0 Å². The Morgan fingerprint density at radius 3 is 2.36 bits per heavy atom. The highest BCUT2D eigenvalue weighted by molar-refractivity contribution is 7.14. The molecule has 28 heavy (non-hydrogen) atoms. The Bertz CT molecular complexity index is 771. The molecular weight excluding hydrogens is 378 g/mol. The van der Waals surface area contributed by atoms with E-state index in [0.29, 0.717) is 17.7 Å². The SMILES string of the molecule is O=C(CN1C(=O)[C@@H]2CCCC[C@H]2C1=O)NNC(=O)c1cc2c(s1)CCCCC2. The van der Waals surface area contributed by atoms with Crippen LogP contribution < -0.4 is 10.9 Å². The van der Waals surface area contributed by atoms with Crippen LogP contribution in [0.2, 0.25) is 0 Å². The Hall–Kier alpha value is -2.22. The highest BCUT2D eigenvalue weighted by atomic mass is 32.1. The van der Waals surface area contributed by atoms with Gasteiger partial charge in [-0.2, -0.15) is 0 Å². The molecule has 1 saturated carbocycles. The zero-order valence-corrected chi connectivity index (χ0v) is 16.6. The van der Waals surface area contributed by atoms with Crippen LogP contribution in [0, 0.1) is 11.8 Å². The number of thiophene rings is 1. The summed E-state index contributed by atoms with van der Waals surface area (Å²) >= 11 is 1.47. The topological polar surface area (TPSA) is 95.6 Å². The van der Waals surface area contributed by atoms with E-state index in [2.05, 4.69) is 10.9 Å². The number of carbonyl (C=O) groups excluding carboxylic acids is 4. The largest absolute Gasteiger partial charge is 0.279 e. The van der Waals surface area contributed by atoms with Gasteiger partial charge in [-0.3, -0.25) is 34.9 Å². The maximum absolute atomic E-state index is 12.4. The van der Waals surface area contributed by atoms with E-state index in [-0.39, 0.29) is 36.1 Å². The van der Waals surface area contributed by atoms with Gasteiger partial charge in [0.05, 0.1) is 16.7 Å². The smallest absolute Gasteiger partial charge is 0.274 e. The monoisotopic (exact) mass is 403 g/mol. The molecule has 2 N–H and O–H groups in total. The average Bonchev–Trinajstić information content (AvgIpc) is 3.12. The van der Waals surface area contributed by atoms with Gasteiger partial charge in [0.25, 0.3) is 11.8 Å². The van der Waals surface area contributed by atoms with Gasteiger partial charge in [0, 0.05) is 4.88 Å². The molecule has 4 amide bonds. The molecule has 0 unspecified atom stereocenters. The molecule has 0 radical (unpaired) electrons. The molecule has 2 atom stereocenters. The summed E-state index contributed by atoms with van der Waals surface area (Å²) in [7, 11) is 0. The van der Waals surface area contributed by atoms with Crippen molar-refractivity contribution in [3.05, 3.63) is 21.4 Å². The van der Waals surface area contributed by atoms with Gasteiger partial charge in [0.1, 0.15) is 6.54 Å². The second-order valence-electron chi connectivity index (χ2n) is 7.88. The number of amides is 4. The minimum atomic E-state index is -0.563. The molecule has 1 aliphatic heterocycles. The summed E-state index contributed by atoms with van der Waals surface area (Å²) in [5, 5.41) is 0. The summed E-state index contributed by atoms with van der Waals surface area (Å²) in [6.45, 7) is -0.341. The van der Waals surface area contributed by atoms with Crippen molar-refractivity contribution in [2.45, 2.75) is 57.8 Å². The highest BCUT2D eigenvalue weighted by Crippen LogP contribution is 2.37. The molecule has 8 heteroatoms. The first-order chi connectivity index (χ1) is 13.5. The molecule has 0 spiro atoms. The lowest BCUT2D eigenvalue weighted by Gasteiger charge is -2.19. The standard InChI is InChI=1S/C20H25N3O4S/c24-17(11-23-19(26)13-7-4-5-8-14(13)20(23)27)21-22-18(25)16-10-12-6-2-1-3-9-15(12)28-16/h10,13-14H,1-9,11H2,(H,21,24)(H,22,25)/t13-,14-/m1/s1. The van der Waals surface area contributed by atoms with Gasteiger partial charge < -0.3 is 0 Å². The maximum Gasteiger partial charge on any atom is 0.279 e. The number of aryl methyl sites for hydroxylation is 2. The predicted molar refractivity (Wildman–Crippen MR) is 103 cm³/mol. The first kappa shape index (κ1) is 19.1. The number of fused-ring (bicyclic) bond motifs is 2. The minimum Gasteiger partial charge on any atom is -0.274 e. The van der Waals surface area contributed by atoms with Crippen LogP contribution in [0.4, 0.5) is 0 Å². The molecular formula is C20H25N3O4S. The lowest BCUT2D eigenvalue weighted by Crippen LogP contribution is -2.47. The Kier molecular flexibility index (Phi) is 5.48. The van der Waals surface area contributed by atoms with Crippen LogP contribution in [0.25, 0.3) is 0 Å². The van der Waals surface area contributed by atoms with E-state index in [4.69, 9.17) is 0 Å². The summed E-state index contributed by atoms with van der Waals surface area (Å²) < 4.78 is 0. The van der Waals surface area contributed by atoms with Crippen LogP contribution in [0.1, 0.15) is 65.1 Å². The molecule has 0 aromatic carbocycles. The van der Waals surface area contributed by atoms with Crippen molar-refractivity contribution >= 4 is 35.0 Å². The number of nitrogens with one attached hydrogen (secondary N) is 2. The van der Waals surface area contributed by atoms with Crippen LogP contribution in [0.15, 0.2) is 6.07 Å². The Morgan fingerprint density at radius 1 is 0.964 bits per heavy atom. The number of hydrogen-bond acceptors (Lipinski definition) is 5. The molecule has 2 fully saturated rings. The minimum absolute atomic E-state index is 0.252. The van der Waals surface area contributed by atoms with Crippen LogP contribution in [-0.2, 0) is 27.2 Å². The van der Waals surface area contributed by atoms with Crippen molar-refractivity contribution in [1.82, 2.24) is 15.8 Å². The van der Waals surface area contributed by atoms with Crippen molar-refractivity contribution in [1.29, 1.82) is 0 Å². The molecule has 4 rings (SSSR count). The number of hydrogen-bond donors (Lipinski definition) is 2. The molecule has 7 nitrogen and oxygen atoms in total. The van der Waals surface area contributed by atoms with E-state index >= 15 is 0 Å². The molecule has 1 aromatic heterocycles. The first-order valence-corrected chi connectivity index (χ1v) is 10.9. The average molecular weight is 404 g/mol. The van der Waals surface area contributed by atoms with E-state index in [1.807, 2.05) is 6.07 Å². The lowest BCUT2D eigenvalue weighted by molar-refractivity contribution is -0.143. The van der Waals surface area contributed by atoms with Gasteiger partial charge in [-0.25, -0.2) is 0 Å². The number of likely N-dealkylation sites (tertiary alicyclic amines) is 1. The second-order valence-corrected chi connectivity index (χ2v) is 9.02. The van der Waals surface area contributed by atoms with Gasteiger partial charge in [-0.15, -0.1) is 11.3 Å². The van der Waals surface area contributed by atoms with Gasteiger partial charge in [-0.1, -0.05) is 19.3 Å². The maximum atomic E-state index is 12.4. The van der Waals surface area contributed by atoms with Crippen molar-refractivity contribution in [2.75, 3.05) is 6.54 Å². The Morgan fingerprint density at radius 2 is 1.64 bits per heavy atom. The molecule has 1 saturated heterocycles. The van der Waals surface area contributed by atoms with E-state index < -0.39 is 5.91 Å². The normalized spacial score (nSPS) is 24.4. The Balaban J connectivity index is 1.31. The first-order valence-electron chi connectivity index (χ1n) is 10.1. The Labute approximate surface area is 167 Å². The number of rotatable bonds is 3. The highest BCUT2D eigenvalue weighted by Gasteiger charge is 2.48. The number of carbonyl (C=O) groups is 4. The van der Waals surface area contributed by atoms with Crippen molar-refractivity contribution < 1.29 is 19.2 Å². The van der Waals surface area contributed by atoms with Gasteiger partial charge in [0.15, 0.2) is 0 Å². The molecule has 2 heterocycles.